The molecular formula is C19H20N4O2. The number of aromatic nitrogens is 3. The van der Waals surface area contributed by atoms with Gasteiger partial charge in [-0.25, -0.2) is 4.98 Å². The van der Waals surface area contributed by atoms with E-state index >= 15 is 0 Å². The molecule has 0 saturated carbocycles. The Balaban J connectivity index is 1.50. The molecule has 1 N–H and O–H groups in total. The molecular weight excluding hydrogens is 316 g/mol. The number of fused-ring (bicyclic) bond motifs is 1. The van der Waals surface area contributed by atoms with Gasteiger partial charge in [-0.15, -0.1) is 0 Å². The molecule has 0 fully saturated rings. The van der Waals surface area contributed by atoms with Crippen LogP contribution in [0.2, 0.25) is 0 Å². The van der Waals surface area contributed by atoms with Crippen LogP contribution in [0.25, 0.3) is 11.5 Å². The van der Waals surface area contributed by atoms with Gasteiger partial charge in [0.2, 0.25) is 5.88 Å². The minimum Gasteiger partial charge on any atom is -0.439 e. The first-order valence-corrected chi connectivity index (χ1v) is 8.61. The molecule has 1 aromatic carbocycles. The minimum atomic E-state index is 0.480. The zero-order chi connectivity index (χ0) is 17.1. The lowest BCUT2D eigenvalue weighted by Gasteiger charge is -2.09. The number of benzene rings is 1. The highest BCUT2D eigenvalue weighted by atomic mass is 16.5. The molecule has 4 rings (SSSR count). The van der Waals surface area contributed by atoms with Gasteiger partial charge in [-0.05, 0) is 55.3 Å². The molecule has 2 aromatic heterocycles. The number of nitrogens with one attached hydrogen (secondary N) is 1. The maximum Gasteiger partial charge on any atom is 0.259 e. The summed E-state index contributed by atoms with van der Waals surface area (Å²) in [7, 11) is 0. The van der Waals surface area contributed by atoms with Gasteiger partial charge in [0.05, 0.1) is 5.56 Å². The fraction of sp³-hybridized carbons (Fsp3) is 0.316. The Morgan fingerprint density at radius 1 is 1.12 bits per heavy atom. The SMILES string of the molecule is CCc1noc(-c2ccc(Oc3ccc4c(c3)CCNCC4)nc2)n1. The Morgan fingerprint density at radius 2 is 2.00 bits per heavy atom. The van der Waals surface area contributed by atoms with Gasteiger partial charge in [-0.2, -0.15) is 4.98 Å². The van der Waals surface area contributed by atoms with Crippen molar-refractivity contribution in [2.45, 2.75) is 26.2 Å². The third kappa shape index (κ3) is 3.53. The summed E-state index contributed by atoms with van der Waals surface area (Å²) in [4.78, 5) is 8.66. The van der Waals surface area contributed by atoms with Crippen LogP contribution in [0.5, 0.6) is 11.6 Å². The summed E-state index contributed by atoms with van der Waals surface area (Å²) >= 11 is 0. The summed E-state index contributed by atoms with van der Waals surface area (Å²) in [6, 6.07) is 9.96. The summed E-state index contributed by atoms with van der Waals surface area (Å²) in [5, 5.41) is 7.32. The van der Waals surface area contributed by atoms with Gasteiger partial charge in [0, 0.05) is 18.7 Å². The summed E-state index contributed by atoms with van der Waals surface area (Å²) in [5.41, 5.74) is 3.52. The van der Waals surface area contributed by atoms with Crippen LogP contribution in [0.1, 0.15) is 23.9 Å². The summed E-state index contributed by atoms with van der Waals surface area (Å²) < 4.78 is 11.1. The molecule has 0 radical (unpaired) electrons. The molecule has 1 aliphatic heterocycles. The zero-order valence-electron chi connectivity index (χ0n) is 14.2. The molecule has 0 saturated heterocycles. The number of ether oxygens (including phenoxy) is 1. The van der Waals surface area contributed by atoms with Gasteiger partial charge in [-0.1, -0.05) is 18.1 Å². The van der Waals surface area contributed by atoms with Crippen LogP contribution in [0.4, 0.5) is 0 Å². The summed E-state index contributed by atoms with van der Waals surface area (Å²) in [6.45, 7) is 4.03. The molecule has 0 spiro atoms. The third-order valence-corrected chi connectivity index (χ3v) is 4.31. The van der Waals surface area contributed by atoms with Crippen molar-refractivity contribution in [3.63, 3.8) is 0 Å². The minimum absolute atomic E-state index is 0.480. The number of rotatable bonds is 4. The summed E-state index contributed by atoms with van der Waals surface area (Å²) in [6.07, 6.45) is 4.52. The van der Waals surface area contributed by atoms with Crippen LogP contribution < -0.4 is 10.1 Å². The number of pyridine rings is 1. The Bertz CT molecular complexity index is 858. The van der Waals surface area contributed by atoms with Crippen molar-refractivity contribution < 1.29 is 9.26 Å². The van der Waals surface area contributed by atoms with Gasteiger partial charge in [0.1, 0.15) is 5.75 Å². The molecule has 0 bridgehead atoms. The maximum atomic E-state index is 5.90. The fourth-order valence-corrected chi connectivity index (χ4v) is 2.92. The van der Waals surface area contributed by atoms with Crippen molar-refractivity contribution in [1.82, 2.24) is 20.4 Å². The van der Waals surface area contributed by atoms with Gasteiger partial charge in [0.15, 0.2) is 5.82 Å². The zero-order valence-corrected chi connectivity index (χ0v) is 14.2. The maximum absolute atomic E-state index is 5.90. The van der Waals surface area contributed by atoms with Crippen LogP contribution in [0, 0.1) is 0 Å². The number of hydrogen-bond acceptors (Lipinski definition) is 6. The lowest BCUT2D eigenvalue weighted by Crippen LogP contribution is -2.16. The van der Waals surface area contributed by atoms with E-state index in [2.05, 4.69) is 32.6 Å². The quantitative estimate of drug-likeness (QED) is 0.789. The van der Waals surface area contributed by atoms with Crippen molar-refractivity contribution in [2.75, 3.05) is 13.1 Å². The molecule has 0 atom stereocenters. The largest absolute Gasteiger partial charge is 0.439 e. The first-order chi connectivity index (χ1) is 12.3. The van der Waals surface area contributed by atoms with E-state index < -0.39 is 0 Å². The average Bonchev–Trinajstić information content (AvgIpc) is 3.01. The second kappa shape index (κ2) is 7.03. The first-order valence-electron chi connectivity index (χ1n) is 8.61. The molecule has 6 heteroatoms. The Morgan fingerprint density at radius 3 is 2.76 bits per heavy atom. The molecule has 1 aliphatic rings. The Hall–Kier alpha value is -2.73. The van der Waals surface area contributed by atoms with E-state index in [4.69, 9.17) is 9.26 Å². The van der Waals surface area contributed by atoms with Crippen molar-refractivity contribution in [2.24, 2.45) is 0 Å². The number of aryl methyl sites for hydroxylation is 1. The van der Waals surface area contributed by atoms with Crippen molar-refractivity contribution in [1.29, 1.82) is 0 Å². The summed E-state index contributed by atoms with van der Waals surface area (Å²) in [5.74, 6) is 2.53. The molecule has 6 nitrogen and oxygen atoms in total. The van der Waals surface area contributed by atoms with E-state index in [0.717, 1.165) is 43.7 Å². The van der Waals surface area contributed by atoms with E-state index in [1.54, 1.807) is 6.20 Å². The van der Waals surface area contributed by atoms with Crippen LogP contribution >= 0.6 is 0 Å². The van der Waals surface area contributed by atoms with Crippen LogP contribution in [0.15, 0.2) is 41.1 Å². The third-order valence-electron chi connectivity index (χ3n) is 4.31. The van der Waals surface area contributed by atoms with Crippen molar-refractivity contribution >= 4 is 0 Å². The highest BCUT2D eigenvalue weighted by Gasteiger charge is 2.11. The topological polar surface area (TPSA) is 73.1 Å². The highest BCUT2D eigenvalue weighted by molar-refractivity contribution is 5.51. The van der Waals surface area contributed by atoms with Gasteiger partial charge < -0.3 is 14.6 Å². The van der Waals surface area contributed by atoms with E-state index in [1.807, 2.05) is 25.1 Å². The van der Waals surface area contributed by atoms with Crippen molar-refractivity contribution in [3.8, 4) is 23.1 Å². The lowest BCUT2D eigenvalue weighted by molar-refractivity contribution is 0.422. The normalized spacial score (nSPS) is 14.0. The second-order valence-corrected chi connectivity index (χ2v) is 6.04. The van der Waals surface area contributed by atoms with E-state index in [-0.39, 0.29) is 0 Å². The molecule has 3 aromatic rings. The van der Waals surface area contributed by atoms with Gasteiger partial charge >= 0.3 is 0 Å². The standard InChI is InChI=1S/C19H20N4O2/c1-2-17-22-19(25-23-17)15-4-6-18(21-12-15)24-16-5-3-13-7-9-20-10-8-14(13)11-16/h3-6,11-12,20H,2,7-10H2,1H3. The van der Waals surface area contributed by atoms with Crippen molar-refractivity contribution in [3.05, 3.63) is 53.5 Å². The van der Waals surface area contributed by atoms with E-state index in [0.29, 0.717) is 17.6 Å². The molecule has 128 valence electrons. The van der Waals surface area contributed by atoms with Crippen LogP contribution in [-0.2, 0) is 19.3 Å². The Kier molecular flexibility index (Phi) is 4.43. The van der Waals surface area contributed by atoms with Gasteiger partial charge in [0.25, 0.3) is 5.89 Å². The van der Waals surface area contributed by atoms with Crippen LogP contribution in [0.3, 0.4) is 0 Å². The first kappa shape index (κ1) is 15.8. The molecule has 3 heterocycles. The molecule has 0 amide bonds. The van der Waals surface area contributed by atoms with Gasteiger partial charge in [-0.3, -0.25) is 0 Å². The monoisotopic (exact) mass is 336 g/mol. The molecule has 0 unspecified atom stereocenters. The average molecular weight is 336 g/mol. The van der Waals surface area contributed by atoms with Crippen LogP contribution in [-0.4, -0.2) is 28.2 Å². The molecule has 25 heavy (non-hydrogen) atoms. The predicted molar refractivity (Wildman–Crippen MR) is 93.7 cm³/mol. The Labute approximate surface area is 146 Å². The lowest BCUT2D eigenvalue weighted by atomic mass is 10.0. The van der Waals surface area contributed by atoms with E-state index in [9.17, 15) is 0 Å². The second-order valence-electron chi connectivity index (χ2n) is 6.04. The smallest absolute Gasteiger partial charge is 0.259 e. The highest BCUT2D eigenvalue weighted by Crippen LogP contribution is 2.25. The number of hydrogen-bond donors (Lipinski definition) is 1. The molecule has 0 aliphatic carbocycles. The van der Waals surface area contributed by atoms with E-state index in [1.165, 1.54) is 11.1 Å². The predicted octanol–water partition coefficient (Wildman–Crippen LogP) is 3.17. The fourth-order valence-electron chi connectivity index (χ4n) is 2.92. The number of nitrogens with zero attached hydrogens (tertiary/aromatic N) is 3.